The summed E-state index contributed by atoms with van der Waals surface area (Å²) in [7, 11) is 0. The number of hydrogen-bond acceptors (Lipinski definition) is 4. The van der Waals surface area contributed by atoms with Gasteiger partial charge in [0, 0.05) is 31.1 Å². The van der Waals surface area contributed by atoms with E-state index in [0.717, 1.165) is 31.1 Å². The van der Waals surface area contributed by atoms with Crippen LogP contribution < -0.4 is 15.8 Å². The molecule has 23 heavy (non-hydrogen) atoms. The number of urea groups is 1. The molecule has 130 valence electrons. The number of nitrogens with one attached hydrogen (secondary N) is 1. The van der Waals surface area contributed by atoms with Crippen molar-refractivity contribution in [1.82, 2.24) is 14.8 Å². The van der Waals surface area contributed by atoms with Crippen LogP contribution in [0, 0.1) is 0 Å². The van der Waals surface area contributed by atoms with Crippen LogP contribution in [0.25, 0.3) is 0 Å². The summed E-state index contributed by atoms with van der Waals surface area (Å²) in [5.41, 5.74) is 7.21. The van der Waals surface area contributed by atoms with E-state index in [2.05, 4.69) is 53.6 Å². The molecule has 1 rings (SSSR count). The molecule has 1 aromatic rings. The number of thiophene rings is 1. The van der Waals surface area contributed by atoms with E-state index in [1.807, 2.05) is 6.07 Å². The standard InChI is InChI=1S/C14H26N5OPS2/c1-5-18(6-2)21(22,19(7-3)8-4)13-10-9-12(23-13)11-16-17-14(15)20/h9-11H,5-8H2,1-4H3,(H3,15,17,20). The molecule has 0 radical (unpaired) electrons. The molecule has 0 fully saturated rings. The Morgan fingerprint density at radius 1 is 1.26 bits per heavy atom. The fourth-order valence-electron chi connectivity index (χ4n) is 2.40. The molecule has 0 saturated heterocycles. The Morgan fingerprint density at radius 3 is 2.22 bits per heavy atom. The molecular formula is C14H26N5OPS2. The molecule has 1 aromatic heterocycles. The van der Waals surface area contributed by atoms with Crippen molar-refractivity contribution in [1.29, 1.82) is 0 Å². The van der Waals surface area contributed by atoms with Crippen LogP contribution in [-0.4, -0.2) is 47.8 Å². The van der Waals surface area contributed by atoms with Gasteiger partial charge in [-0.3, -0.25) is 9.34 Å². The zero-order valence-electron chi connectivity index (χ0n) is 14.2. The van der Waals surface area contributed by atoms with Crippen molar-refractivity contribution in [2.45, 2.75) is 27.7 Å². The number of rotatable bonds is 9. The van der Waals surface area contributed by atoms with Gasteiger partial charge in [0.25, 0.3) is 0 Å². The molecule has 0 aliphatic heterocycles. The molecule has 0 saturated carbocycles. The van der Waals surface area contributed by atoms with Gasteiger partial charge in [0.1, 0.15) is 6.34 Å². The molecule has 0 aliphatic rings. The van der Waals surface area contributed by atoms with E-state index >= 15 is 0 Å². The van der Waals surface area contributed by atoms with E-state index in [9.17, 15) is 4.79 Å². The van der Waals surface area contributed by atoms with Gasteiger partial charge in [-0.1, -0.05) is 39.5 Å². The summed E-state index contributed by atoms with van der Waals surface area (Å²) in [4.78, 5) is 11.6. The molecule has 0 bridgehead atoms. The third-order valence-corrected chi connectivity index (χ3v) is 11.1. The number of hydrogen-bond donors (Lipinski definition) is 2. The minimum atomic E-state index is -1.98. The highest BCUT2D eigenvalue weighted by atomic mass is 32.4. The van der Waals surface area contributed by atoms with Crippen LogP contribution in [0.1, 0.15) is 32.6 Å². The van der Waals surface area contributed by atoms with Gasteiger partial charge in [-0.2, -0.15) is 5.10 Å². The summed E-state index contributed by atoms with van der Waals surface area (Å²) in [5.74, 6) is 0. The molecule has 0 aliphatic carbocycles. The van der Waals surface area contributed by atoms with E-state index in [4.69, 9.17) is 17.5 Å². The summed E-state index contributed by atoms with van der Waals surface area (Å²) in [6.45, 7) is 12.3. The number of nitrogens with two attached hydrogens (primary N) is 1. The second kappa shape index (κ2) is 9.49. The predicted octanol–water partition coefficient (Wildman–Crippen LogP) is 2.37. The van der Waals surface area contributed by atoms with Crippen LogP contribution >= 0.6 is 17.7 Å². The second-order valence-corrected chi connectivity index (χ2v) is 10.4. The summed E-state index contributed by atoms with van der Waals surface area (Å²) in [5, 5.41) is 3.82. The largest absolute Gasteiger partial charge is 0.350 e. The van der Waals surface area contributed by atoms with Gasteiger partial charge in [-0.25, -0.2) is 10.2 Å². The van der Waals surface area contributed by atoms with E-state index in [1.165, 1.54) is 4.62 Å². The Balaban J connectivity index is 3.18. The molecule has 1 heterocycles. The summed E-state index contributed by atoms with van der Waals surface area (Å²) in [6, 6.07) is 3.41. The van der Waals surface area contributed by atoms with Crippen LogP contribution in [0.15, 0.2) is 17.2 Å². The van der Waals surface area contributed by atoms with Crippen LogP contribution in [0.3, 0.4) is 0 Å². The van der Waals surface area contributed by atoms with Crippen molar-refractivity contribution in [2.24, 2.45) is 10.8 Å². The summed E-state index contributed by atoms with van der Waals surface area (Å²) < 4.78 is 5.98. The van der Waals surface area contributed by atoms with Gasteiger partial charge < -0.3 is 5.73 Å². The first-order valence-electron chi connectivity index (χ1n) is 7.73. The SMILES string of the molecule is CCN(CC)P(=S)(c1ccc(C=NNC(N)=O)s1)N(CC)CC. The predicted molar refractivity (Wildman–Crippen MR) is 104 cm³/mol. The molecule has 0 unspecified atom stereocenters. The fourth-order valence-corrected chi connectivity index (χ4v) is 9.12. The van der Waals surface area contributed by atoms with Gasteiger partial charge in [0.15, 0.2) is 0 Å². The Bertz CT molecular complexity index is 565. The maximum Gasteiger partial charge on any atom is 0.332 e. The minimum absolute atomic E-state index is 0.672. The lowest BCUT2D eigenvalue weighted by atomic mass is 10.5. The third kappa shape index (κ3) is 4.84. The van der Waals surface area contributed by atoms with Gasteiger partial charge in [0.2, 0.25) is 0 Å². The topological polar surface area (TPSA) is 74.0 Å². The summed E-state index contributed by atoms with van der Waals surface area (Å²) >= 11 is 7.84. The van der Waals surface area contributed by atoms with Gasteiger partial charge in [0.05, 0.1) is 10.8 Å². The molecule has 0 spiro atoms. The quantitative estimate of drug-likeness (QED) is 0.395. The maximum atomic E-state index is 10.7. The number of hydrazone groups is 1. The number of nitrogens with zero attached hydrogens (tertiary/aromatic N) is 3. The van der Waals surface area contributed by atoms with Crippen molar-refractivity contribution < 1.29 is 4.79 Å². The zero-order chi connectivity index (χ0) is 17.5. The van der Waals surface area contributed by atoms with Crippen LogP contribution in [-0.2, 0) is 11.8 Å². The first-order valence-corrected chi connectivity index (χ1v) is 11.3. The van der Waals surface area contributed by atoms with Crippen LogP contribution in [0.4, 0.5) is 4.79 Å². The first kappa shape index (κ1) is 20.3. The zero-order valence-corrected chi connectivity index (χ0v) is 16.7. The van der Waals surface area contributed by atoms with Crippen molar-refractivity contribution >= 4 is 46.3 Å². The number of primary amides is 1. The molecule has 2 amide bonds. The molecule has 6 nitrogen and oxygen atoms in total. The highest BCUT2D eigenvalue weighted by Gasteiger charge is 2.32. The Hall–Kier alpha value is -0.790. The van der Waals surface area contributed by atoms with Crippen LogP contribution in [0.2, 0.25) is 0 Å². The van der Waals surface area contributed by atoms with Gasteiger partial charge >= 0.3 is 6.03 Å². The molecule has 0 atom stereocenters. The van der Waals surface area contributed by atoms with Crippen molar-refractivity contribution in [3.05, 3.63) is 17.0 Å². The molecule has 3 N–H and O–H groups in total. The van der Waals surface area contributed by atoms with E-state index in [-0.39, 0.29) is 0 Å². The number of carbonyl (C=O) groups excluding carboxylic acids is 1. The Kier molecular flexibility index (Phi) is 8.36. The lowest BCUT2D eigenvalue weighted by Gasteiger charge is -2.40. The van der Waals surface area contributed by atoms with E-state index in [0.29, 0.717) is 0 Å². The normalized spacial score (nSPS) is 12.4. The highest BCUT2D eigenvalue weighted by Crippen LogP contribution is 2.53. The maximum absolute atomic E-state index is 10.7. The number of amides is 2. The van der Waals surface area contributed by atoms with E-state index < -0.39 is 12.4 Å². The molecule has 9 heteroatoms. The van der Waals surface area contributed by atoms with Gasteiger partial charge in [-0.15, -0.1) is 11.3 Å². The van der Waals surface area contributed by atoms with Crippen molar-refractivity contribution in [3.8, 4) is 0 Å². The Labute approximate surface area is 147 Å². The summed E-state index contributed by atoms with van der Waals surface area (Å²) in [6.07, 6.45) is -0.377. The van der Waals surface area contributed by atoms with Crippen molar-refractivity contribution in [2.75, 3.05) is 26.2 Å². The first-order chi connectivity index (χ1) is 10.9. The fraction of sp³-hybridized carbons (Fsp3) is 0.571. The number of carbonyl (C=O) groups is 1. The minimum Gasteiger partial charge on any atom is -0.350 e. The van der Waals surface area contributed by atoms with E-state index in [1.54, 1.807) is 17.6 Å². The van der Waals surface area contributed by atoms with Crippen molar-refractivity contribution in [3.63, 3.8) is 0 Å². The Morgan fingerprint density at radius 2 is 1.78 bits per heavy atom. The molecular weight excluding hydrogens is 349 g/mol. The lowest BCUT2D eigenvalue weighted by Crippen LogP contribution is -2.36. The van der Waals surface area contributed by atoms with Crippen LogP contribution in [0.5, 0.6) is 0 Å². The second-order valence-electron chi connectivity index (χ2n) is 4.73. The third-order valence-electron chi connectivity index (χ3n) is 3.49. The highest BCUT2D eigenvalue weighted by molar-refractivity contribution is 8.17. The smallest absolute Gasteiger partial charge is 0.332 e. The lowest BCUT2D eigenvalue weighted by molar-refractivity contribution is 0.249. The molecule has 0 aromatic carbocycles. The monoisotopic (exact) mass is 375 g/mol. The average Bonchev–Trinajstić information content (AvgIpc) is 2.98. The van der Waals surface area contributed by atoms with Gasteiger partial charge in [-0.05, 0) is 12.1 Å². The average molecular weight is 376 g/mol.